The molecule has 4 rings (SSSR count). The molecular weight excluding hydrogens is 462 g/mol. The number of thioether (sulfide) groups is 1. The average molecular weight is 490 g/mol. The number of ether oxygens (including phenoxy) is 1. The van der Waals surface area contributed by atoms with Crippen molar-refractivity contribution in [3.63, 3.8) is 0 Å². The number of nitrogens with zero attached hydrogens (tertiary/aromatic N) is 3. The van der Waals surface area contributed by atoms with Crippen molar-refractivity contribution in [2.45, 2.75) is 25.2 Å². The number of hydrogen-bond donors (Lipinski definition) is 0. The van der Waals surface area contributed by atoms with Crippen molar-refractivity contribution in [3.8, 4) is 0 Å². The summed E-state index contributed by atoms with van der Waals surface area (Å²) in [5, 5.41) is 1.45. The Bertz CT molecular complexity index is 1070. The molecule has 0 spiro atoms. The van der Waals surface area contributed by atoms with Crippen molar-refractivity contribution in [2.75, 3.05) is 50.0 Å². The van der Waals surface area contributed by atoms with Crippen molar-refractivity contribution >= 4 is 56.0 Å². The van der Waals surface area contributed by atoms with Crippen LogP contribution in [0.1, 0.15) is 17.5 Å². The molecule has 170 valence electrons. The van der Waals surface area contributed by atoms with Gasteiger partial charge in [-0.05, 0) is 43.7 Å². The molecule has 0 saturated carbocycles. The first kappa shape index (κ1) is 23.5. The van der Waals surface area contributed by atoms with Crippen molar-refractivity contribution in [2.24, 2.45) is 0 Å². The fourth-order valence-corrected chi connectivity index (χ4v) is 5.98. The predicted octanol–water partition coefficient (Wildman–Crippen LogP) is 5.41. The number of thiazole rings is 1. The van der Waals surface area contributed by atoms with Gasteiger partial charge in [0.25, 0.3) is 0 Å². The van der Waals surface area contributed by atoms with Gasteiger partial charge in [-0.2, -0.15) is 0 Å². The second kappa shape index (κ2) is 11.0. The number of carbonyl (C=O) groups is 1. The summed E-state index contributed by atoms with van der Waals surface area (Å²) in [4.78, 5) is 23.5. The van der Waals surface area contributed by atoms with Gasteiger partial charge in [-0.3, -0.25) is 14.6 Å². The highest BCUT2D eigenvalue weighted by molar-refractivity contribution is 7.99. The number of carbonyl (C=O) groups excluding carboxylic acids is 1. The van der Waals surface area contributed by atoms with Gasteiger partial charge in [0.15, 0.2) is 5.13 Å². The van der Waals surface area contributed by atoms with Gasteiger partial charge in [0, 0.05) is 48.3 Å². The Morgan fingerprint density at radius 1 is 1.22 bits per heavy atom. The normalized spacial score (nSPS) is 14.7. The van der Waals surface area contributed by atoms with E-state index in [4.69, 9.17) is 21.3 Å². The standard InChI is InChI=1S/C24H28ClN3O2S2/c1-17-3-5-20(6-4-17)31-14-7-22(29)28(9-8-27-10-12-30-13-11-27)24-26-23-18(2)15-19(25)16-21(23)32-24/h3-6,15-16H,7-14H2,1-2H3. The van der Waals surface area contributed by atoms with Gasteiger partial charge in [-0.15, -0.1) is 11.8 Å². The van der Waals surface area contributed by atoms with Crippen LogP contribution >= 0.6 is 34.7 Å². The molecule has 0 atom stereocenters. The smallest absolute Gasteiger partial charge is 0.229 e. The van der Waals surface area contributed by atoms with E-state index < -0.39 is 0 Å². The number of hydrogen-bond acceptors (Lipinski definition) is 6. The largest absolute Gasteiger partial charge is 0.379 e. The Balaban J connectivity index is 1.48. The highest BCUT2D eigenvalue weighted by atomic mass is 35.5. The summed E-state index contributed by atoms with van der Waals surface area (Å²) in [6.07, 6.45) is 0.470. The lowest BCUT2D eigenvalue weighted by atomic mass is 10.2. The van der Waals surface area contributed by atoms with Crippen LogP contribution in [0.25, 0.3) is 10.2 Å². The molecule has 2 aromatic carbocycles. The quantitative estimate of drug-likeness (QED) is 0.396. The van der Waals surface area contributed by atoms with E-state index in [-0.39, 0.29) is 5.91 Å². The second-order valence-corrected chi connectivity index (χ2v) is 10.6. The minimum Gasteiger partial charge on any atom is -0.379 e. The first-order chi connectivity index (χ1) is 15.5. The van der Waals surface area contributed by atoms with Gasteiger partial charge in [0.05, 0.1) is 23.4 Å². The summed E-state index contributed by atoms with van der Waals surface area (Å²) >= 11 is 9.51. The van der Waals surface area contributed by atoms with E-state index in [0.29, 0.717) is 18.0 Å². The van der Waals surface area contributed by atoms with E-state index in [1.54, 1.807) is 11.8 Å². The fraction of sp³-hybridized carbons (Fsp3) is 0.417. The van der Waals surface area contributed by atoms with Crippen LogP contribution in [0.15, 0.2) is 41.3 Å². The van der Waals surface area contributed by atoms with Crippen LogP contribution in [-0.2, 0) is 9.53 Å². The lowest BCUT2D eigenvalue weighted by molar-refractivity contribution is -0.118. The lowest BCUT2D eigenvalue weighted by Crippen LogP contribution is -2.43. The molecule has 0 unspecified atom stereocenters. The minimum atomic E-state index is 0.112. The molecule has 1 amide bonds. The number of aromatic nitrogens is 1. The van der Waals surface area contributed by atoms with E-state index in [2.05, 4.69) is 36.1 Å². The van der Waals surface area contributed by atoms with E-state index in [9.17, 15) is 4.79 Å². The van der Waals surface area contributed by atoms with Crippen LogP contribution in [0.4, 0.5) is 5.13 Å². The number of fused-ring (bicyclic) bond motifs is 1. The number of anilines is 1. The van der Waals surface area contributed by atoms with Gasteiger partial charge in [0.1, 0.15) is 0 Å². The molecule has 8 heteroatoms. The van der Waals surface area contributed by atoms with Crippen LogP contribution in [-0.4, -0.2) is 60.9 Å². The predicted molar refractivity (Wildman–Crippen MR) is 135 cm³/mol. The topological polar surface area (TPSA) is 45.7 Å². The first-order valence-electron chi connectivity index (χ1n) is 10.9. The maximum absolute atomic E-state index is 13.3. The zero-order valence-corrected chi connectivity index (χ0v) is 20.9. The first-order valence-corrected chi connectivity index (χ1v) is 13.0. The number of amides is 1. The van der Waals surface area contributed by atoms with Gasteiger partial charge in [-0.1, -0.05) is 40.6 Å². The molecule has 2 heterocycles. The average Bonchev–Trinajstić information content (AvgIpc) is 3.20. The summed E-state index contributed by atoms with van der Waals surface area (Å²) in [5.74, 6) is 0.854. The molecule has 0 aliphatic carbocycles. The summed E-state index contributed by atoms with van der Waals surface area (Å²) in [6, 6.07) is 12.3. The van der Waals surface area contributed by atoms with Gasteiger partial charge in [0.2, 0.25) is 5.91 Å². The third-order valence-electron chi connectivity index (χ3n) is 5.52. The molecule has 1 aliphatic rings. The monoisotopic (exact) mass is 489 g/mol. The Morgan fingerprint density at radius 2 is 1.97 bits per heavy atom. The SMILES string of the molecule is Cc1ccc(SCCC(=O)N(CCN2CCOCC2)c2nc3c(C)cc(Cl)cc3s2)cc1. The fourth-order valence-electron chi connectivity index (χ4n) is 3.68. The molecule has 32 heavy (non-hydrogen) atoms. The maximum atomic E-state index is 13.3. The van der Waals surface area contributed by atoms with Crippen molar-refractivity contribution < 1.29 is 9.53 Å². The number of benzene rings is 2. The summed E-state index contributed by atoms with van der Waals surface area (Å²) in [5.41, 5.74) is 3.20. The van der Waals surface area contributed by atoms with Crippen LogP contribution < -0.4 is 4.90 Å². The zero-order valence-electron chi connectivity index (χ0n) is 18.5. The van der Waals surface area contributed by atoms with Crippen molar-refractivity contribution in [1.82, 2.24) is 9.88 Å². The van der Waals surface area contributed by atoms with E-state index in [1.165, 1.54) is 21.8 Å². The Morgan fingerprint density at radius 3 is 2.72 bits per heavy atom. The third-order valence-corrected chi connectivity index (χ3v) is 7.78. The Hall–Kier alpha value is -1.64. The summed E-state index contributed by atoms with van der Waals surface area (Å²) in [7, 11) is 0. The van der Waals surface area contributed by atoms with Crippen LogP contribution in [0, 0.1) is 13.8 Å². The van der Waals surface area contributed by atoms with Gasteiger partial charge < -0.3 is 4.74 Å². The zero-order chi connectivity index (χ0) is 22.5. The lowest BCUT2D eigenvalue weighted by Gasteiger charge is -2.29. The molecule has 0 bridgehead atoms. The summed E-state index contributed by atoms with van der Waals surface area (Å²) in [6.45, 7) is 8.84. The molecule has 1 saturated heterocycles. The van der Waals surface area contributed by atoms with Crippen LogP contribution in [0.5, 0.6) is 0 Å². The van der Waals surface area contributed by atoms with E-state index >= 15 is 0 Å². The molecule has 1 aliphatic heterocycles. The Kier molecular flexibility index (Phi) is 8.07. The van der Waals surface area contributed by atoms with E-state index in [0.717, 1.165) is 59.5 Å². The molecule has 1 aromatic heterocycles. The number of morpholine rings is 1. The third kappa shape index (κ3) is 6.02. The molecule has 3 aromatic rings. The van der Waals surface area contributed by atoms with Crippen molar-refractivity contribution in [3.05, 3.63) is 52.5 Å². The highest BCUT2D eigenvalue weighted by Crippen LogP contribution is 2.33. The van der Waals surface area contributed by atoms with Gasteiger partial charge in [-0.25, -0.2) is 4.98 Å². The minimum absolute atomic E-state index is 0.112. The van der Waals surface area contributed by atoms with Gasteiger partial charge >= 0.3 is 0 Å². The van der Waals surface area contributed by atoms with E-state index in [1.807, 2.05) is 24.0 Å². The second-order valence-electron chi connectivity index (χ2n) is 7.98. The maximum Gasteiger partial charge on any atom is 0.229 e. The molecule has 0 N–H and O–H groups in total. The van der Waals surface area contributed by atoms with Crippen LogP contribution in [0.3, 0.4) is 0 Å². The molecule has 0 radical (unpaired) electrons. The molecule has 5 nitrogen and oxygen atoms in total. The number of rotatable bonds is 8. The highest BCUT2D eigenvalue weighted by Gasteiger charge is 2.22. The van der Waals surface area contributed by atoms with Crippen molar-refractivity contribution in [1.29, 1.82) is 0 Å². The number of halogens is 1. The summed E-state index contributed by atoms with van der Waals surface area (Å²) < 4.78 is 6.47. The molecule has 1 fully saturated rings. The Labute approximate surface area is 202 Å². The van der Waals surface area contributed by atoms with Crippen LogP contribution in [0.2, 0.25) is 5.02 Å². The number of aryl methyl sites for hydroxylation is 2. The molecular formula is C24H28ClN3O2S2.